The molecule has 0 aromatic rings. The van der Waals surface area contributed by atoms with Crippen LogP contribution in [0.3, 0.4) is 0 Å². The fourth-order valence-corrected chi connectivity index (χ4v) is 0.811. The van der Waals surface area contributed by atoms with Crippen molar-refractivity contribution in [3.8, 4) is 0 Å². The van der Waals surface area contributed by atoms with Gasteiger partial charge in [0.1, 0.15) is 0 Å². The lowest BCUT2D eigenvalue weighted by atomic mass is 10.5. The van der Waals surface area contributed by atoms with E-state index in [1.165, 1.54) is 18.8 Å². The van der Waals surface area contributed by atoms with E-state index in [9.17, 15) is 0 Å². The first-order valence-electron chi connectivity index (χ1n) is 4.41. The molecule has 0 aliphatic heterocycles. The Morgan fingerprint density at radius 2 is 1.67 bits per heavy atom. The van der Waals surface area contributed by atoms with Crippen molar-refractivity contribution in [3.63, 3.8) is 0 Å². The van der Waals surface area contributed by atoms with Crippen LogP contribution in [0, 0.1) is 5.92 Å². The van der Waals surface area contributed by atoms with Gasteiger partial charge in [-0.05, 0) is 12.8 Å². The fourth-order valence-electron chi connectivity index (χ4n) is 0.811. The SMILES string of the molecule is COCCOCCOC[C]1CC1. The molecule has 1 aliphatic carbocycles. The third-order valence-corrected chi connectivity index (χ3v) is 1.71. The van der Waals surface area contributed by atoms with Crippen LogP contribution in [0.25, 0.3) is 0 Å². The second-order valence-corrected chi connectivity index (χ2v) is 2.91. The first kappa shape index (κ1) is 9.96. The van der Waals surface area contributed by atoms with Crippen LogP contribution in [0.5, 0.6) is 0 Å². The van der Waals surface area contributed by atoms with Gasteiger partial charge in [0.2, 0.25) is 0 Å². The highest BCUT2D eigenvalue weighted by molar-refractivity contribution is 5.04. The van der Waals surface area contributed by atoms with Crippen molar-refractivity contribution in [1.82, 2.24) is 0 Å². The third-order valence-electron chi connectivity index (χ3n) is 1.71. The molecule has 0 aromatic carbocycles. The minimum Gasteiger partial charge on any atom is -0.382 e. The van der Waals surface area contributed by atoms with Crippen LogP contribution >= 0.6 is 0 Å². The summed E-state index contributed by atoms with van der Waals surface area (Å²) < 4.78 is 15.4. The van der Waals surface area contributed by atoms with Gasteiger partial charge in [-0.3, -0.25) is 0 Å². The first-order chi connectivity index (χ1) is 5.93. The molecule has 0 aromatic heterocycles. The molecule has 0 atom stereocenters. The van der Waals surface area contributed by atoms with E-state index in [1.807, 2.05) is 0 Å². The van der Waals surface area contributed by atoms with Crippen molar-refractivity contribution < 1.29 is 14.2 Å². The van der Waals surface area contributed by atoms with Gasteiger partial charge in [0.05, 0.1) is 33.0 Å². The predicted octanol–water partition coefficient (Wildman–Crippen LogP) is 1.03. The van der Waals surface area contributed by atoms with Crippen molar-refractivity contribution in [2.45, 2.75) is 12.8 Å². The quantitative estimate of drug-likeness (QED) is 0.513. The van der Waals surface area contributed by atoms with Crippen LogP contribution in [0.15, 0.2) is 0 Å². The average molecular weight is 173 g/mol. The molecule has 0 amide bonds. The normalized spacial score (nSPS) is 16.8. The second kappa shape index (κ2) is 6.40. The molecule has 1 radical (unpaired) electrons. The molecule has 0 saturated heterocycles. The van der Waals surface area contributed by atoms with E-state index >= 15 is 0 Å². The Labute approximate surface area is 74.0 Å². The van der Waals surface area contributed by atoms with Crippen LogP contribution in [0.4, 0.5) is 0 Å². The van der Waals surface area contributed by atoms with E-state index in [4.69, 9.17) is 14.2 Å². The third kappa shape index (κ3) is 5.52. The van der Waals surface area contributed by atoms with Gasteiger partial charge >= 0.3 is 0 Å². The maximum atomic E-state index is 5.33. The van der Waals surface area contributed by atoms with Crippen molar-refractivity contribution in [3.05, 3.63) is 5.92 Å². The summed E-state index contributed by atoms with van der Waals surface area (Å²) in [5, 5.41) is 0. The summed E-state index contributed by atoms with van der Waals surface area (Å²) in [6.45, 7) is 3.55. The Morgan fingerprint density at radius 3 is 2.33 bits per heavy atom. The lowest BCUT2D eigenvalue weighted by Crippen LogP contribution is -2.08. The lowest BCUT2D eigenvalue weighted by molar-refractivity contribution is 0.0289. The molecule has 71 valence electrons. The first-order valence-corrected chi connectivity index (χ1v) is 4.41. The minimum atomic E-state index is 0.663. The minimum absolute atomic E-state index is 0.663. The topological polar surface area (TPSA) is 27.7 Å². The summed E-state index contributed by atoms with van der Waals surface area (Å²) in [5.74, 6) is 1.53. The zero-order valence-corrected chi connectivity index (χ0v) is 7.67. The summed E-state index contributed by atoms with van der Waals surface area (Å²) in [5.41, 5.74) is 0. The molecule has 1 fully saturated rings. The van der Waals surface area contributed by atoms with Crippen LogP contribution in [0.1, 0.15) is 12.8 Å². The number of hydrogen-bond donors (Lipinski definition) is 0. The second-order valence-electron chi connectivity index (χ2n) is 2.91. The van der Waals surface area contributed by atoms with Gasteiger partial charge in [0, 0.05) is 13.0 Å². The molecule has 0 N–H and O–H groups in total. The van der Waals surface area contributed by atoms with Crippen LogP contribution in [-0.2, 0) is 14.2 Å². The molecule has 0 heterocycles. The molecule has 1 aliphatic rings. The Bertz CT molecular complexity index is 102. The summed E-state index contributed by atoms with van der Waals surface area (Å²) in [6, 6.07) is 0. The Kier molecular flexibility index (Phi) is 5.32. The van der Waals surface area contributed by atoms with Crippen molar-refractivity contribution in [1.29, 1.82) is 0 Å². The Morgan fingerprint density at radius 1 is 1.00 bits per heavy atom. The highest BCUT2D eigenvalue weighted by Crippen LogP contribution is 2.31. The molecule has 0 unspecified atom stereocenters. The van der Waals surface area contributed by atoms with Gasteiger partial charge in [-0.2, -0.15) is 0 Å². The molecule has 3 heteroatoms. The van der Waals surface area contributed by atoms with E-state index in [2.05, 4.69) is 0 Å². The summed E-state index contributed by atoms with van der Waals surface area (Å²) in [7, 11) is 1.67. The van der Waals surface area contributed by atoms with E-state index < -0.39 is 0 Å². The molecular formula is C9H17O3. The summed E-state index contributed by atoms with van der Waals surface area (Å²) in [4.78, 5) is 0. The molecule has 1 saturated carbocycles. The monoisotopic (exact) mass is 173 g/mol. The number of ether oxygens (including phenoxy) is 3. The highest BCUT2D eigenvalue weighted by atomic mass is 16.5. The average Bonchev–Trinajstić information content (AvgIpc) is 2.87. The van der Waals surface area contributed by atoms with Crippen LogP contribution < -0.4 is 0 Å². The van der Waals surface area contributed by atoms with Crippen LogP contribution in [0.2, 0.25) is 0 Å². The highest BCUT2D eigenvalue weighted by Gasteiger charge is 2.21. The van der Waals surface area contributed by atoms with Gasteiger partial charge in [-0.15, -0.1) is 0 Å². The zero-order chi connectivity index (χ0) is 8.65. The Hall–Kier alpha value is -0.120. The molecular weight excluding hydrogens is 156 g/mol. The van der Waals surface area contributed by atoms with Gasteiger partial charge < -0.3 is 14.2 Å². The molecule has 1 rings (SSSR count). The van der Waals surface area contributed by atoms with Crippen LogP contribution in [-0.4, -0.2) is 40.1 Å². The predicted molar refractivity (Wildman–Crippen MR) is 46.0 cm³/mol. The van der Waals surface area contributed by atoms with Gasteiger partial charge in [0.25, 0.3) is 0 Å². The van der Waals surface area contributed by atoms with Crippen molar-refractivity contribution in [2.75, 3.05) is 40.1 Å². The fraction of sp³-hybridized carbons (Fsp3) is 0.889. The molecule has 3 nitrogen and oxygen atoms in total. The maximum absolute atomic E-state index is 5.33. The van der Waals surface area contributed by atoms with E-state index in [0.29, 0.717) is 26.4 Å². The van der Waals surface area contributed by atoms with Crippen molar-refractivity contribution in [2.24, 2.45) is 0 Å². The number of hydrogen-bond acceptors (Lipinski definition) is 3. The largest absolute Gasteiger partial charge is 0.382 e. The van der Waals surface area contributed by atoms with E-state index in [-0.39, 0.29) is 0 Å². The lowest BCUT2D eigenvalue weighted by Gasteiger charge is -2.03. The number of methoxy groups -OCH3 is 1. The summed E-state index contributed by atoms with van der Waals surface area (Å²) >= 11 is 0. The van der Waals surface area contributed by atoms with E-state index in [1.54, 1.807) is 7.11 Å². The zero-order valence-electron chi connectivity index (χ0n) is 7.67. The number of rotatable bonds is 8. The molecule has 0 bridgehead atoms. The van der Waals surface area contributed by atoms with Gasteiger partial charge in [-0.1, -0.05) is 0 Å². The summed E-state index contributed by atoms with van der Waals surface area (Å²) in [6.07, 6.45) is 2.54. The van der Waals surface area contributed by atoms with E-state index in [0.717, 1.165) is 6.61 Å². The van der Waals surface area contributed by atoms with Crippen molar-refractivity contribution >= 4 is 0 Å². The standard InChI is InChI=1S/C9H17O3/c1-10-4-5-11-6-7-12-8-9-2-3-9/h2-8H2,1H3. The van der Waals surface area contributed by atoms with Gasteiger partial charge in [-0.25, -0.2) is 0 Å². The smallest absolute Gasteiger partial charge is 0.0701 e. The molecule has 12 heavy (non-hydrogen) atoms. The Balaban J connectivity index is 1.65. The maximum Gasteiger partial charge on any atom is 0.0701 e. The molecule has 0 spiro atoms. The van der Waals surface area contributed by atoms with Gasteiger partial charge in [0.15, 0.2) is 0 Å².